The molecule has 1 aliphatic heterocycles. The van der Waals surface area contributed by atoms with Crippen molar-refractivity contribution in [1.82, 2.24) is 10.2 Å². The molecular formula is C22H28N2O2. The molecule has 1 heterocycles. The van der Waals surface area contributed by atoms with Crippen LogP contribution < -0.4 is 10.1 Å². The standard InChI is InChI=1S/C22H28N2O2/c25-22(14-9-17-26-20-12-5-2-6-13-20)23-18-21(24-15-7-8-16-24)19-10-3-1-4-11-19/h1-6,10-13,21H,7-9,14-18H2,(H,23,25). The Labute approximate surface area is 156 Å². The predicted octanol–water partition coefficient (Wildman–Crippen LogP) is 3.80. The number of nitrogens with zero attached hydrogens (tertiary/aromatic N) is 1. The molecule has 0 spiro atoms. The second-order valence-corrected chi connectivity index (χ2v) is 6.74. The molecule has 1 aliphatic rings. The van der Waals surface area contributed by atoms with Crippen molar-refractivity contribution in [2.75, 3.05) is 26.2 Å². The third kappa shape index (κ3) is 5.60. The van der Waals surface area contributed by atoms with Crippen LogP contribution in [0.25, 0.3) is 0 Å². The smallest absolute Gasteiger partial charge is 0.220 e. The molecule has 1 atom stereocenters. The molecule has 4 heteroatoms. The van der Waals surface area contributed by atoms with Crippen LogP contribution in [0.2, 0.25) is 0 Å². The Morgan fingerprint density at radius 3 is 2.35 bits per heavy atom. The SMILES string of the molecule is O=C(CCCOc1ccccc1)NCC(c1ccccc1)N1CCCC1. The average molecular weight is 352 g/mol. The van der Waals surface area contributed by atoms with Crippen molar-refractivity contribution in [1.29, 1.82) is 0 Å². The number of ether oxygens (including phenoxy) is 1. The van der Waals surface area contributed by atoms with Crippen LogP contribution in [0.4, 0.5) is 0 Å². The Morgan fingerprint density at radius 2 is 1.65 bits per heavy atom. The predicted molar refractivity (Wildman–Crippen MR) is 104 cm³/mol. The fourth-order valence-electron chi connectivity index (χ4n) is 3.42. The van der Waals surface area contributed by atoms with Crippen molar-refractivity contribution < 1.29 is 9.53 Å². The number of hydrogen-bond acceptors (Lipinski definition) is 3. The molecule has 1 N–H and O–H groups in total. The third-order valence-corrected chi connectivity index (χ3v) is 4.82. The van der Waals surface area contributed by atoms with Gasteiger partial charge < -0.3 is 10.1 Å². The molecule has 0 radical (unpaired) electrons. The number of likely N-dealkylation sites (tertiary alicyclic amines) is 1. The summed E-state index contributed by atoms with van der Waals surface area (Å²) in [4.78, 5) is 14.7. The number of nitrogens with one attached hydrogen (secondary N) is 1. The zero-order chi connectivity index (χ0) is 18.0. The zero-order valence-electron chi connectivity index (χ0n) is 15.3. The van der Waals surface area contributed by atoms with Crippen molar-refractivity contribution >= 4 is 5.91 Å². The van der Waals surface area contributed by atoms with Gasteiger partial charge in [0.05, 0.1) is 12.6 Å². The molecule has 0 aromatic heterocycles. The van der Waals surface area contributed by atoms with Gasteiger partial charge in [-0.3, -0.25) is 9.69 Å². The maximum Gasteiger partial charge on any atom is 0.220 e. The van der Waals surface area contributed by atoms with Gasteiger partial charge in [0, 0.05) is 13.0 Å². The average Bonchev–Trinajstić information content (AvgIpc) is 3.22. The summed E-state index contributed by atoms with van der Waals surface area (Å²) in [5, 5.41) is 3.12. The minimum Gasteiger partial charge on any atom is -0.494 e. The van der Waals surface area contributed by atoms with E-state index in [1.807, 2.05) is 36.4 Å². The van der Waals surface area contributed by atoms with E-state index in [9.17, 15) is 4.79 Å². The summed E-state index contributed by atoms with van der Waals surface area (Å²) in [5.41, 5.74) is 1.28. The minimum atomic E-state index is 0.0989. The van der Waals surface area contributed by atoms with E-state index < -0.39 is 0 Å². The van der Waals surface area contributed by atoms with Crippen LogP contribution in [-0.4, -0.2) is 37.0 Å². The van der Waals surface area contributed by atoms with E-state index in [1.165, 1.54) is 18.4 Å². The van der Waals surface area contributed by atoms with Gasteiger partial charge in [-0.15, -0.1) is 0 Å². The summed E-state index contributed by atoms with van der Waals surface area (Å²) < 4.78 is 5.64. The molecule has 2 aromatic rings. The Balaban J connectivity index is 1.42. The first-order valence-electron chi connectivity index (χ1n) is 9.56. The van der Waals surface area contributed by atoms with E-state index in [4.69, 9.17) is 4.74 Å². The minimum absolute atomic E-state index is 0.0989. The molecule has 0 aliphatic carbocycles. The summed E-state index contributed by atoms with van der Waals surface area (Å²) in [5.74, 6) is 0.952. The van der Waals surface area contributed by atoms with Crippen LogP contribution in [0.5, 0.6) is 5.75 Å². The van der Waals surface area contributed by atoms with Crippen LogP contribution in [0.15, 0.2) is 60.7 Å². The van der Waals surface area contributed by atoms with Gasteiger partial charge in [-0.05, 0) is 50.0 Å². The Kier molecular flexibility index (Phi) is 7.08. The topological polar surface area (TPSA) is 41.6 Å². The van der Waals surface area contributed by atoms with Crippen LogP contribution in [0.1, 0.15) is 37.3 Å². The number of rotatable bonds is 9. The highest BCUT2D eigenvalue weighted by Gasteiger charge is 2.23. The Hall–Kier alpha value is -2.33. The molecule has 138 valence electrons. The third-order valence-electron chi connectivity index (χ3n) is 4.82. The second-order valence-electron chi connectivity index (χ2n) is 6.74. The number of benzene rings is 2. The second kappa shape index (κ2) is 9.97. The summed E-state index contributed by atoms with van der Waals surface area (Å²) in [6.07, 6.45) is 3.71. The highest BCUT2D eigenvalue weighted by atomic mass is 16.5. The number of carbonyl (C=O) groups is 1. The fourth-order valence-corrected chi connectivity index (χ4v) is 3.42. The van der Waals surface area contributed by atoms with Crippen molar-refractivity contribution in [3.8, 4) is 5.75 Å². The van der Waals surface area contributed by atoms with Gasteiger partial charge in [-0.25, -0.2) is 0 Å². The molecule has 26 heavy (non-hydrogen) atoms. The van der Waals surface area contributed by atoms with E-state index in [0.29, 0.717) is 19.6 Å². The first kappa shape index (κ1) is 18.5. The lowest BCUT2D eigenvalue weighted by atomic mass is 10.1. The van der Waals surface area contributed by atoms with Crippen molar-refractivity contribution in [3.63, 3.8) is 0 Å². The lowest BCUT2D eigenvalue weighted by Crippen LogP contribution is -2.36. The first-order chi connectivity index (χ1) is 12.8. The zero-order valence-corrected chi connectivity index (χ0v) is 15.3. The quantitative estimate of drug-likeness (QED) is 0.698. The summed E-state index contributed by atoms with van der Waals surface area (Å²) in [7, 11) is 0. The molecule has 0 bridgehead atoms. The molecule has 2 aromatic carbocycles. The van der Waals surface area contributed by atoms with Crippen molar-refractivity contribution in [2.45, 2.75) is 31.7 Å². The van der Waals surface area contributed by atoms with Crippen molar-refractivity contribution in [2.24, 2.45) is 0 Å². The van der Waals surface area contributed by atoms with E-state index in [1.54, 1.807) is 0 Å². The maximum absolute atomic E-state index is 12.2. The van der Waals surface area contributed by atoms with E-state index >= 15 is 0 Å². The monoisotopic (exact) mass is 352 g/mol. The molecule has 3 rings (SSSR count). The summed E-state index contributed by atoms with van der Waals surface area (Å²) in [6, 6.07) is 20.5. The molecule has 0 saturated carbocycles. The van der Waals surface area contributed by atoms with E-state index in [0.717, 1.165) is 25.3 Å². The van der Waals surface area contributed by atoms with Gasteiger partial charge in [-0.1, -0.05) is 48.5 Å². The van der Waals surface area contributed by atoms with Gasteiger partial charge in [-0.2, -0.15) is 0 Å². The normalized spacial score (nSPS) is 15.5. The fraction of sp³-hybridized carbons (Fsp3) is 0.409. The molecule has 1 amide bonds. The summed E-state index contributed by atoms with van der Waals surface area (Å²) >= 11 is 0. The van der Waals surface area contributed by atoms with Crippen LogP contribution in [0, 0.1) is 0 Å². The number of amides is 1. The van der Waals surface area contributed by atoms with Crippen molar-refractivity contribution in [3.05, 3.63) is 66.2 Å². The van der Waals surface area contributed by atoms with Crippen LogP contribution in [0.3, 0.4) is 0 Å². The van der Waals surface area contributed by atoms with Gasteiger partial charge in [0.15, 0.2) is 0 Å². The Morgan fingerprint density at radius 1 is 1.00 bits per heavy atom. The summed E-state index contributed by atoms with van der Waals surface area (Å²) in [6.45, 7) is 3.45. The Bertz CT molecular complexity index is 654. The molecule has 1 unspecified atom stereocenters. The van der Waals surface area contributed by atoms with E-state index in [-0.39, 0.29) is 11.9 Å². The van der Waals surface area contributed by atoms with Crippen LogP contribution >= 0.6 is 0 Å². The van der Waals surface area contributed by atoms with Gasteiger partial charge in [0.1, 0.15) is 5.75 Å². The van der Waals surface area contributed by atoms with Gasteiger partial charge in [0.2, 0.25) is 5.91 Å². The lowest BCUT2D eigenvalue weighted by molar-refractivity contribution is -0.121. The number of hydrogen-bond donors (Lipinski definition) is 1. The first-order valence-corrected chi connectivity index (χ1v) is 9.56. The van der Waals surface area contributed by atoms with Gasteiger partial charge in [0.25, 0.3) is 0 Å². The maximum atomic E-state index is 12.2. The van der Waals surface area contributed by atoms with E-state index in [2.05, 4.69) is 34.5 Å². The van der Waals surface area contributed by atoms with Crippen LogP contribution in [-0.2, 0) is 4.79 Å². The lowest BCUT2D eigenvalue weighted by Gasteiger charge is -2.28. The molecule has 1 fully saturated rings. The molecule has 1 saturated heterocycles. The highest BCUT2D eigenvalue weighted by molar-refractivity contribution is 5.75. The molecular weight excluding hydrogens is 324 g/mol. The number of para-hydroxylation sites is 1. The highest BCUT2D eigenvalue weighted by Crippen LogP contribution is 2.24. The molecule has 4 nitrogen and oxygen atoms in total. The van der Waals surface area contributed by atoms with Gasteiger partial charge >= 0.3 is 0 Å². The number of carbonyl (C=O) groups excluding carboxylic acids is 1. The largest absolute Gasteiger partial charge is 0.494 e.